The van der Waals surface area contributed by atoms with Gasteiger partial charge in [0.25, 0.3) is 15.9 Å². The zero-order chi connectivity index (χ0) is 20.7. The zero-order valence-electron chi connectivity index (χ0n) is 15.5. The molecular weight excluding hydrogens is 404 g/mol. The maximum absolute atomic E-state index is 12.8. The Bertz CT molecular complexity index is 976. The second-order valence-corrected chi connectivity index (χ2v) is 7.96. The minimum absolute atomic E-state index is 0.0397. The molecule has 0 aliphatic rings. The highest BCUT2D eigenvalue weighted by atomic mass is 35.5. The number of amides is 1. The summed E-state index contributed by atoms with van der Waals surface area (Å²) in [5.74, 6) is -1.08. The maximum atomic E-state index is 12.8. The zero-order valence-corrected chi connectivity index (χ0v) is 17.1. The molecule has 28 heavy (non-hydrogen) atoms. The molecule has 2 aromatic rings. The lowest BCUT2D eigenvalue weighted by molar-refractivity contribution is 0.0600. The average Bonchev–Trinajstić information content (AvgIpc) is 2.67. The standard InChI is InChI=1S/C19H21ClN2O5S/c1-3-4-11-21-18(23)14-7-5-6-8-16(14)22-28(25,26)17-12-13(19(24)27-2)9-10-15(17)20/h5-10,12,22H,3-4,11H2,1-2H3,(H,21,23). The van der Waals surface area contributed by atoms with Crippen LogP contribution in [-0.2, 0) is 14.8 Å². The lowest BCUT2D eigenvalue weighted by atomic mass is 10.1. The molecule has 0 aromatic heterocycles. The fraction of sp³-hybridized carbons (Fsp3) is 0.263. The van der Waals surface area contributed by atoms with Crippen LogP contribution < -0.4 is 10.0 Å². The molecule has 2 N–H and O–H groups in total. The van der Waals surface area contributed by atoms with Crippen LogP contribution in [-0.4, -0.2) is 33.9 Å². The summed E-state index contributed by atoms with van der Waals surface area (Å²) in [6.45, 7) is 2.49. The van der Waals surface area contributed by atoms with Crippen LogP contribution in [0.3, 0.4) is 0 Å². The molecule has 1 amide bonds. The predicted molar refractivity (Wildman–Crippen MR) is 107 cm³/mol. The van der Waals surface area contributed by atoms with E-state index in [9.17, 15) is 18.0 Å². The molecule has 9 heteroatoms. The van der Waals surface area contributed by atoms with Crippen LogP contribution in [0, 0.1) is 0 Å². The summed E-state index contributed by atoms with van der Waals surface area (Å²) in [5.41, 5.74) is 0.330. The van der Waals surface area contributed by atoms with Crippen molar-refractivity contribution in [3.05, 3.63) is 58.6 Å². The lowest BCUT2D eigenvalue weighted by Crippen LogP contribution is -2.26. The number of hydrogen-bond donors (Lipinski definition) is 2. The number of ether oxygens (including phenoxy) is 1. The van der Waals surface area contributed by atoms with Gasteiger partial charge in [-0.3, -0.25) is 9.52 Å². The highest BCUT2D eigenvalue weighted by molar-refractivity contribution is 7.92. The van der Waals surface area contributed by atoms with Crippen LogP contribution in [0.2, 0.25) is 5.02 Å². The van der Waals surface area contributed by atoms with Crippen molar-refractivity contribution in [3.63, 3.8) is 0 Å². The fourth-order valence-corrected chi connectivity index (χ4v) is 4.00. The number of benzene rings is 2. The summed E-state index contributed by atoms with van der Waals surface area (Å²) < 4.78 is 32.7. The molecule has 0 aliphatic heterocycles. The van der Waals surface area contributed by atoms with E-state index in [1.54, 1.807) is 12.1 Å². The number of sulfonamides is 1. The molecule has 7 nitrogen and oxygen atoms in total. The van der Waals surface area contributed by atoms with Gasteiger partial charge in [0, 0.05) is 6.54 Å². The number of hydrogen-bond acceptors (Lipinski definition) is 5. The second kappa shape index (κ2) is 9.57. The van der Waals surface area contributed by atoms with Crippen molar-refractivity contribution >= 4 is 39.2 Å². The number of para-hydroxylation sites is 1. The van der Waals surface area contributed by atoms with Crippen LogP contribution in [0.1, 0.15) is 40.5 Å². The highest BCUT2D eigenvalue weighted by Crippen LogP contribution is 2.26. The first-order chi connectivity index (χ1) is 13.3. The number of rotatable bonds is 8. The highest BCUT2D eigenvalue weighted by Gasteiger charge is 2.23. The Balaban J connectivity index is 2.35. The summed E-state index contributed by atoms with van der Waals surface area (Å²) in [5, 5.41) is 2.68. The molecule has 0 bridgehead atoms. The molecule has 0 atom stereocenters. The maximum Gasteiger partial charge on any atom is 0.337 e. The number of nitrogens with one attached hydrogen (secondary N) is 2. The molecule has 0 saturated heterocycles. The largest absolute Gasteiger partial charge is 0.465 e. The summed E-state index contributed by atoms with van der Waals surface area (Å²) in [4.78, 5) is 23.8. The van der Waals surface area contributed by atoms with Gasteiger partial charge in [-0.25, -0.2) is 13.2 Å². The normalized spacial score (nSPS) is 11.0. The smallest absolute Gasteiger partial charge is 0.337 e. The lowest BCUT2D eigenvalue weighted by Gasteiger charge is -2.14. The van der Waals surface area contributed by atoms with E-state index in [0.717, 1.165) is 18.9 Å². The van der Waals surface area contributed by atoms with Crippen molar-refractivity contribution in [1.82, 2.24) is 5.32 Å². The first-order valence-electron chi connectivity index (χ1n) is 8.58. The van der Waals surface area contributed by atoms with Gasteiger partial charge < -0.3 is 10.1 Å². The van der Waals surface area contributed by atoms with Gasteiger partial charge in [0.05, 0.1) is 28.9 Å². The summed E-state index contributed by atoms with van der Waals surface area (Å²) in [7, 11) is -2.97. The minimum atomic E-state index is -4.16. The topological polar surface area (TPSA) is 102 Å². The number of halogens is 1. The molecule has 0 spiro atoms. The fourth-order valence-electron chi connectivity index (χ4n) is 2.40. The number of anilines is 1. The van der Waals surface area contributed by atoms with E-state index in [2.05, 4.69) is 14.8 Å². The molecule has 0 radical (unpaired) electrons. The second-order valence-electron chi connectivity index (χ2n) is 5.90. The first-order valence-corrected chi connectivity index (χ1v) is 10.4. The van der Waals surface area contributed by atoms with E-state index in [0.29, 0.717) is 6.54 Å². The molecule has 0 fully saturated rings. The van der Waals surface area contributed by atoms with Gasteiger partial charge in [0.1, 0.15) is 4.90 Å². The van der Waals surface area contributed by atoms with Gasteiger partial charge in [-0.2, -0.15) is 0 Å². The van der Waals surface area contributed by atoms with Gasteiger partial charge in [-0.15, -0.1) is 0 Å². The Kier molecular flexibility index (Phi) is 7.42. The van der Waals surface area contributed by atoms with E-state index in [4.69, 9.17) is 11.6 Å². The molecule has 0 aliphatic carbocycles. The minimum Gasteiger partial charge on any atom is -0.465 e. The molecule has 0 saturated carbocycles. The number of unbranched alkanes of at least 4 members (excludes halogenated alkanes) is 1. The van der Waals surface area contributed by atoms with Crippen LogP contribution in [0.15, 0.2) is 47.4 Å². The Labute approximate surface area is 169 Å². The Morgan fingerprint density at radius 3 is 2.54 bits per heavy atom. The number of esters is 1. The van der Waals surface area contributed by atoms with Gasteiger partial charge >= 0.3 is 5.97 Å². The monoisotopic (exact) mass is 424 g/mol. The van der Waals surface area contributed by atoms with Crippen LogP contribution in [0.25, 0.3) is 0 Å². The number of methoxy groups -OCH3 is 1. The van der Waals surface area contributed by atoms with Crippen molar-refractivity contribution < 1.29 is 22.7 Å². The van der Waals surface area contributed by atoms with Gasteiger partial charge in [0.2, 0.25) is 0 Å². The molecule has 0 unspecified atom stereocenters. The van der Waals surface area contributed by atoms with E-state index in [1.807, 2.05) is 6.92 Å². The third kappa shape index (κ3) is 5.24. The summed E-state index contributed by atoms with van der Waals surface area (Å²) in [6, 6.07) is 10.0. The van der Waals surface area contributed by atoms with Crippen molar-refractivity contribution in [2.75, 3.05) is 18.4 Å². The Hall–Kier alpha value is -2.58. The third-order valence-electron chi connectivity index (χ3n) is 3.87. The molecular formula is C19H21ClN2O5S. The van der Waals surface area contributed by atoms with E-state index >= 15 is 0 Å². The van der Waals surface area contributed by atoms with Crippen molar-refractivity contribution in [2.24, 2.45) is 0 Å². The number of carbonyl (C=O) groups excluding carboxylic acids is 2. The van der Waals surface area contributed by atoms with Crippen molar-refractivity contribution in [1.29, 1.82) is 0 Å². The van der Waals surface area contributed by atoms with E-state index < -0.39 is 16.0 Å². The average molecular weight is 425 g/mol. The van der Waals surface area contributed by atoms with Crippen LogP contribution >= 0.6 is 11.6 Å². The quantitative estimate of drug-likeness (QED) is 0.499. The van der Waals surface area contributed by atoms with E-state index in [-0.39, 0.29) is 32.6 Å². The SMILES string of the molecule is CCCCNC(=O)c1ccccc1NS(=O)(=O)c1cc(C(=O)OC)ccc1Cl. The van der Waals surface area contributed by atoms with Gasteiger partial charge in [0.15, 0.2) is 0 Å². The van der Waals surface area contributed by atoms with Crippen LogP contribution in [0.4, 0.5) is 5.69 Å². The van der Waals surface area contributed by atoms with Gasteiger partial charge in [-0.05, 0) is 36.8 Å². The first kappa shape index (κ1) is 21.7. The molecule has 2 rings (SSSR count). The van der Waals surface area contributed by atoms with Crippen molar-refractivity contribution in [2.45, 2.75) is 24.7 Å². The molecule has 150 valence electrons. The Morgan fingerprint density at radius 2 is 1.86 bits per heavy atom. The summed E-state index contributed by atoms with van der Waals surface area (Å²) >= 11 is 6.03. The predicted octanol–water partition coefficient (Wildman–Crippen LogP) is 3.46. The van der Waals surface area contributed by atoms with Gasteiger partial charge in [-0.1, -0.05) is 37.1 Å². The number of carbonyl (C=O) groups is 2. The Morgan fingerprint density at radius 1 is 1.14 bits per heavy atom. The van der Waals surface area contributed by atoms with E-state index in [1.165, 1.54) is 31.4 Å². The summed E-state index contributed by atoms with van der Waals surface area (Å²) in [6.07, 6.45) is 1.74. The third-order valence-corrected chi connectivity index (χ3v) is 5.72. The molecule has 2 aromatic carbocycles. The molecule has 0 heterocycles. The van der Waals surface area contributed by atoms with Crippen molar-refractivity contribution in [3.8, 4) is 0 Å². The van der Waals surface area contributed by atoms with Crippen LogP contribution in [0.5, 0.6) is 0 Å².